The zero-order valence-corrected chi connectivity index (χ0v) is 15.8. The number of aliphatic carboxylic acids is 1. The lowest BCUT2D eigenvalue weighted by atomic mass is 10.0. The van der Waals surface area contributed by atoms with Gasteiger partial charge in [-0.1, -0.05) is 6.07 Å². The number of carboxylic acid groups (broad SMARTS) is 1. The molecule has 7 heteroatoms. The summed E-state index contributed by atoms with van der Waals surface area (Å²) in [6.07, 6.45) is 0. The molecule has 0 amide bonds. The Bertz CT molecular complexity index is 724. The first-order valence-electron chi connectivity index (χ1n) is 8.11. The van der Waals surface area contributed by atoms with E-state index in [2.05, 4.69) is 0 Å². The Balaban J connectivity index is 2.30. The van der Waals surface area contributed by atoms with Crippen molar-refractivity contribution in [3.63, 3.8) is 0 Å². The number of nitrogens with zero attached hydrogens (tertiary/aromatic N) is 2. The SMILES string of the molecule is Cc1cc(C)c(C)c(S(=O)(=O)N2CCN([C@H](C)C(=O)O)CC2)c1C. The number of rotatable bonds is 4. The lowest BCUT2D eigenvalue weighted by molar-refractivity contribution is -0.143. The van der Waals surface area contributed by atoms with Crippen molar-refractivity contribution in [3.8, 4) is 0 Å². The van der Waals surface area contributed by atoms with E-state index >= 15 is 0 Å². The van der Waals surface area contributed by atoms with Gasteiger partial charge in [-0.3, -0.25) is 9.69 Å². The van der Waals surface area contributed by atoms with Gasteiger partial charge in [0.1, 0.15) is 6.04 Å². The Morgan fingerprint density at radius 2 is 1.50 bits per heavy atom. The van der Waals surface area contributed by atoms with Crippen molar-refractivity contribution in [1.29, 1.82) is 0 Å². The van der Waals surface area contributed by atoms with Gasteiger partial charge in [0.05, 0.1) is 4.90 Å². The molecule has 0 saturated carbocycles. The quantitative estimate of drug-likeness (QED) is 0.890. The number of hydrogen-bond acceptors (Lipinski definition) is 4. The number of benzene rings is 1. The maximum absolute atomic E-state index is 13.1. The maximum Gasteiger partial charge on any atom is 0.320 e. The van der Waals surface area contributed by atoms with Crippen molar-refractivity contribution in [2.45, 2.75) is 45.6 Å². The minimum Gasteiger partial charge on any atom is -0.480 e. The average molecular weight is 354 g/mol. The molecule has 24 heavy (non-hydrogen) atoms. The number of aryl methyl sites for hydroxylation is 2. The Morgan fingerprint density at radius 1 is 1.04 bits per heavy atom. The van der Waals surface area contributed by atoms with Gasteiger partial charge in [-0.15, -0.1) is 0 Å². The van der Waals surface area contributed by atoms with E-state index in [4.69, 9.17) is 5.11 Å². The van der Waals surface area contributed by atoms with Crippen molar-refractivity contribution in [3.05, 3.63) is 28.3 Å². The van der Waals surface area contributed by atoms with Gasteiger partial charge in [0.15, 0.2) is 0 Å². The van der Waals surface area contributed by atoms with Crippen LogP contribution in [-0.2, 0) is 14.8 Å². The zero-order chi connectivity index (χ0) is 18.2. The smallest absolute Gasteiger partial charge is 0.320 e. The van der Waals surface area contributed by atoms with E-state index < -0.39 is 22.0 Å². The number of sulfonamides is 1. The first kappa shape index (κ1) is 18.9. The molecule has 0 radical (unpaired) electrons. The highest BCUT2D eigenvalue weighted by Gasteiger charge is 2.33. The predicted molar refractivity (Wildman–Crippen MR) is 92.8 cm³/mol. The van der Waals surface area contributed by atoms with Gasteiger partial charge < -0.3 is 5.11 Å². The van der Waals surface area contributed by atoms with E-state index in [9.17, 15) is 13.2 Å². The largest absolute Gasteiger partial charge is 0.480 e. The summed E-state index contributed by atoms with van der Waals surface area (Å²) in [5.74, 6) is -0.882. The number of carbonyl (C=O) groups is 1. The van der Waals surface area contributed by atoms with Crippen LogP contribution in [0.5, 0.6) is 0 Å². The van der Waals surface area contributed by atoms with Crippen LogP contribution in [0.1, 0.15) is 29.2 Å². The van der Waals surface area contributed by atoms with Crippen molar-refractivity contribution in [2.24, 2.45) is 0 Å². The Hall–Kier alpha value is -1.44. The van der Waals surface area contributed by atoms with Gasteiger partial charge in [-0.2, -0.15) is 4.31 Å². The highest BCUT2D eigenvalue weighted by atomic mass is 32.2. The van der Waals surface area contributed by atoms with Crippen molar-refractivity contribution >= 4 is 16.0 Å². The number of piperazine rings is 1. The lowest BCUT2D eigenvalue weighted by Crippen LogP contribution is -2.53. The molecular formula is C17H26N2O4S. The van der Waals surface area contributed by atoms with Gasteiger partial charge in [-0.25, -0.2) is 8.42 Å². The summed E-state index contributed by atoms with van der Waals surface area (Å²) < 4.78 is 27.7. The molecule has 1 heterocycles. The van der Waals surface area contributed by atoms with Crippen LogP contribution in [0.3, 0.4) is 0 Å². The van der Waals surface area contributed by atoms with Crippen LogP contribution in [0.25, 0.3) is 0 Å². The molecule has 0 aliphatic carbocycles. The van der Waals surface area contributed by atoms with Gasteiger partial charge in [-0.05, 0) is 56.9 Å². The van der Waals surface area contributed by atoms with Crippen molar-refractivity contribution < 1.29 is 18.3 Å². The second-order valence-electron chi connectivity index (χ2n) is 6.54. The molecule has 1 aromatic carbocycles. The fraction of sp³-hybridized carbons (Fsp3) is 0.588. The van der Waals surface area contributed by atoms with Crippen molar-refractivity contribution in [1.82, 2.24) is 9.21 Å². The van der Waals surface area contributed by atoms with Crippen LogP contribution in [0, 0.1) is 27.7 Å². The molecule has 1 aliphatic rings. The van der Waals surface area contributed by atoms with Crippen LogP contribution in [0.4, 0.5) is 0 Å². The first-order chi connectivity index (χ1) is 11.1. The molecule has 1 aromatic rings. The van der Waals surface area contributed by atoms with Gasteiger partial charge in [0.25, 0.3) is 0 Å². The normalized spacial score (nSPS) is 18.5. The molecule has 6 nitrogen and oxygen atoms in total. The van der Waals surface area contributed by atoms with Gasteiger partial charge in [0, 0.05) is 26.2 Å². The Morgan fingerprint density at radius 3 is 1.92 bits per heavy atom. The fourth-order valence-corrected chi connectivity index (χ4v) is 5.18. The van der Waals surface area contributed by atoms with E-state index in [1.807, 2.05) is 33.8 Å². The van der Waals surface area contributed by atoms with E-state index in [1.165, 1.54) is 4.31 Å². The molecule has 0 bridgehead atoms. The summed E-state index contributed by atoms with van der Waals surface area (Å²) in [6.45, 7) is 10.6. The monoisotopic (exact) mass is 354 g/mol. The van der Waals surface area contributed by atoms with E-state index in [0.717, 1.165) is 22.3 Å². The van der Waals surface area contributed by atoms with Crippen molar-refractivity contribution in [2.75, 3.05) is 26.2 Å². The van der Waals surface area contributed by atoms with Gasteiger partial charge in [0.2, 0.25) is 10.0 Å². The Labute approximate surface area is 144 Å². The topological polar surface area (TPSA) is 77.9 Å². The van der Waals surface area contributed by atoms with Crippen LogP contribution >= 0.6 is 0 Å². The Kier molecular flexibility index (Phi) is 5.37. The van der Waals surface area contributed by atoms with E-state index in [0.29, 0.717) is 31.1 Å². The summed E-state index contributed by atoms with van der Waals surface area (Å²) >= 11 is 0. The molecule has 1 fully saturated rings. The highest BCUT2D eigenvalue weighted by molar-refractivity contribution is 7.89. The molecule has 1 saturated heterocycles. The average Bonchev–Trinajstić information content (AvgIpc) is 2.52. The molecule has 0 spiro atoms. The zero-order valence-electron chi connectivity index (χ0n) is 15.0. The van der Waals surface area contributed by atoms with Crippen LogP contribution in [0.15, 0.2) is 11.0 Å². The molecule has 1 N–H and O–H groups in total. The summed E-state index contributed by atoms with van der Waals surface area (Å²) in [6, 6.07) is 1.41. The summed E-state index contributed by atoms with van der Waals surface area (Å²) in [5.41, 5.74) is 3.52. The van der Waals surface area contributed by atoms with E-state index in [-0.39, 0.29) is 0 Å². The standard InChI is InChI=1S/C17H26N2O4S/c1-11-10-12(2)14(4)16(13(11)3)24(22,23)19-8-6-18(7-9-19)15(5)17(20)21/h10,15H,6-9H2,1-5H3,(H,20,21)/t15-/m1/s1. The second-order valence-corrected chi connectivity index (χ2v) is 8.42. The molecule has 1 aliphatic heterocycles. The summed E-state index contributed by atoms with van der Waals surface area (Å²) in [5, 5.41) is 9.10. The maximum atomic E-state index is 13.1. The third kappa shape index (κ3) is 3.34. The van der Waals surface area contributed by atoms with Gasteiger partial charge >= 0.3 is 5.97 Å². The fourth-order valence-electron chi connectivity index (χ4n) is 3.18. The van der Waals surface area contributed by atoms with Crippen LogP contribution in [-0.4, -0.2) is 60.9 Å². The van der Waals surface area contributed by atoms with E-state index in [1.54, 1.807) is 11.8 Å². The van der Waals surface area contributed by atoms with Crippen LogP contribution < -0.4 is 0 Å². The number of hydrogen-bond donors (Lipinski definition) is 1. The lowest BCUT2D eigenvalue weighted by Gasteiger charge is -2.36. The third-order valence-electron chi connectivity index (χ3n) is 5.07. The molecular weight excluding hydrogens is 328 g/mol. The minimum atomic E-state index is -3.58. The first-order valence-corrected chi connectivity index (χ1v) is 9.55. The summed E-state index contributed by atoms with van der Waals surface area (Å²) in [7, 11) is -3.58. The minimum absolute atomic E-state index is 0.311. The molecule has 0 aromatic heterocycles. The molecule has 134 valence electrons. The molecule has 0 unspecified atom stereocenters. The third-order valence-corrected chi connectivity index (χ3v) is 7.25. The predicted octanol–water partition coefficient (Wildman–Crippen LogP) is 1.70. The van der Waals surface area contributed by atoms with Crippen LogP contribution in [0.2, 0.25) is 0 Å². The second kappa shape index (κ2) is 6.82. The highest BCUT2D eigenvalue weighted by Crippen LogP contribution is 2.29. The molecule has 1 atom stereocenters. The summed E-state index contributed by atoms with van der Waals surface area (Å²) in [4.78, 5) is 13.3. The molecule has 2 rings (SSSR count). The number of carboxylic acids is 1.